The van der Waals surface area contributed by atoms with Crippen molar-refractivity contribution in [3.63, 3.8) is 0 Å². The smallest absolute Gasteiger partial charge is 0.228 e. The Kier molecular flexibility index (Phi) is 6.60. The quantitative estimate of drug-likeness (QED) is 0.413. The first-order valence-corrected chi connectivity index (χ1v) is 13.4. The van der Waals surface area contributed by atoms with Gasteiger partial charge in [-0.05, 0) is 36.1 Å². The van der Waals surface area contributed by atoms with E-state index in [0.717, 1.165) is 12.0 Å². The molecule has 3 aromatic rings. The largest absolute Gasteiger partial charge is 0.497 e. The maximum Gasteiger partial charge on any atom is 0.228 e. The first-order chi connectivity index (χ1) is 19.4. The van der Waals surface area contributed by atoms with Crippen molar-refractivity contribution in [1.82, 2.24) is 5.32 Å². The summed E-state index contributed by atoms with van der Waals surface area (Å²) in [5.74, 6) is -0.693. The third-order valence-electron chi connectivity index (χ3n) is 8.49. The summed E-state index contributed by atoms with van der Waals surface area (Å²) in [7, 11) is 4.57. The Balaban J connectivity index is 1.62. The molecule has 3 unspecified atom stereocenters. The SMILES string of the molecule is COc1ccc([C@@]23Oc4cc(OC)cc(OC)c4[C@]2(O)C(O)C(C(=O)NC2CCCO2)[C@H]3c2ccccc2)cc1. The normalized spacial score (nSPS) is 30.2. The number of methoxy groups -OCH3 is 3. The first kappa shape index (κ1) is 26.4. The van der Waals surface area contributed by atoms with E-state index in [1.54, 1.807) is 43.5 Å². The zero-order valence-corrected chi connectivity index (χ0v) is 22.6. The van der Waals surface area contributed by atoms with Crippen molar-refractivity contribution in [2.45, 2.75) is 42.3 Å². The lowest BCUT2D eigenvalue weighted by Crippen LogP contribution is -2.52. The average Bonchev–Trinajstić information content (AvgIpc) is 3.64. The number of carbonyl (C=O) groups excluding carboxylic acids is 1. The van der Waals surface area contributed by atoms with Crippen LogP contribution in [0.3, 0.4) is 0 Å². The lowest BCUT2D eigenvalue weighted by Gasteiger charge is -2.40. The van der Waals surface area contributed by atoms with Crippen LogP contribution in [0, 0.1) is 5.92 Å². The highest BCUT2D eigenvalue weighted by Gasteiger charge is 2.78. The maximum absolute atomic E-state index is 14.0. The van der Waals surface area contributed by atoms with Crippen molar-refractivity contribution in [3.8, 4) is 23.0 Å². The van der Waals surface area contributed by atoms with E-state index < -0.39 is 41.3 Å². The highest BCUT2D eigenvalue weighted by molar-refractivity contribution is 5.83. The highest BCUT2D eigenvalue weighted by atomic mass is 16.5. The number of hydrogen-bond donors (Lipinski definition) is 3. The minimum Gasteiger partial charge on any atom is -0.497 e. The molecule has 6 rings (SSSR count). The van der Waals surface area contributed by atoms with Gasteiger partial charge >= 0.3 is 0 Å². The van der Waals surface area contributed by atoms with Crippen LogP contribution in [0.4, 0.5) is 0 Å². The molecule has 2 aliphatic heterocycles. The average molecular weight is 548 g/mol. The van der Waals surface area contributed by atoms with Crippen LogP contribution >= 0.6 is 0 Å². The molecule has 0 bridgehead atoms. The standard InChI is InChI=1S/C31H33NO8/c1-36-20-13-11-19(12-14-20)31-26(18-8-5-4-6-9-18)25(29(34)32-24-10-7-15-39-24)28(33)30(31,35)27-22(38-3)16-21(37-2)17-23(27)40-31/h4-6,8-9,11-14,16-17,24-26,28,33,35H,7,10,15H2,1-3H3,(H,32,34)/t24?,25?,26-,28?,30+,31+/m1/s1. The molecule has 0 spiro atoms. The second kappa shape index (κ2) is 9.99. The number of nitrogens with one attached hydrogen (secondary N) is 1. The van der Waals surface area contributed by atoms with Crippen molar-refractivity contribution < 1.29 is 38.7 Å². The predicted molar refractivity (Wildman–Crippen MR) is 145 cm³/mol. The summed E-state index contributed by atoms with van der Waals surface area (Å²) in [5.41, 5.74) is -2.17. The van der Waals surface area contributed by atoms with Gasteiger partial charge in [0.2, 0.25) is 5.91 Å². The summed E-state index contributed by atoms with van der Waals surface area (Å²) >= 11 is 0. The van der Waals surface area contributed by atoms with Crippen LogP contribution in [0.25, 0.3) is 0 Å². The molecule has 3 aromatic carbocycles. The molecule has 2 heterocycles. The molecule has 0 radical (unpaired) electrons. The van der Waals surface area contributed by atoms with Gasteiger partial charge in [0.25, 0.3) is 0 Å². The van der Waals surface area contributed by atoms with Gasteiger partial charge in [0, 0.05) is 24.7 Å². The monoisotopic (exact) mass is 547 g/mol. The molecule has 210 valence electrons. The fourth-order valence-electron chi connectivity index (χ4n) is 6.74. The molecule has 9 nitrogen and oxygen atoms in total. The fourth-order valence-corrected chi connectivity index (χ4v) is 6.74. The number of ether oxygens (including phenoxy) is 5. The van der Waals surface area contributed by atoms with Gasteiger partial charge in [0.15, 0.2) is 11.2 Å². The summed E-state index contributed by atoms with van der Waals surface area (Å²) in [4.78, 5) is 14.0. The number of benzene rings is 3. The second-order valence-electron chi connectivity index (χ2n) is 10.4. The van der Waals surface area contributed by atoms with Crippen LogP contribution in [-0.4, -0.2) is 56.4 Å². The van der Waals surface area contributed by atoms with Crippen molar-refractivity contribution in [2.75, 3.05) is 27.9 Å². The third-order valence-corrected chi connectivity index (χ3v) is 8.49. The predicted octanol–water partition coefficient (Wildman–Crippen LogP) is 3.22. The summed E-state index contributed by atoms with van der Waals surface area (Å²) in [6.45, 7) is 0.551. The van der Waals surface area contributed by atoms with E-state index in [9.17, 15) is 15.0 Å². The Morgan fingerprint density at radius 3 is 2.33 bits per heavy atom. The van der Waals surface area contributed by atoms with E-state index in [1.165, 1.54) is 14.2 Å². The Morgan fingerprint density at radius 1 is 0.975 bits per heavy atom. The van der Waals surface area contributed by atoms with Crippen molar-refractivity contribution in [1.29, 1.82) is 0 Å². The van der Waals surface area contributed by atoms with E-state index in [0.29, 0.717) is 35.8 Å². The number of aliphatic hydroxyl groups excluding tert-OH is 1. The molecule has 1 saturated heterocycles. The topological polar surface area (TPSA) is 116 Å². The van der Waals surface area contributed by atoms with Gasteiger partial charge in [-0.3, -0.25) is 4.79 Å². The summed E-state index contributed by atoms with van der Waals surface area (Å²) in [6, 6.07) is 19.8. The Bertz CT molecular complexity index is 1390. The molecule has 2 fully saturated rings. The summed E-state index contributed by atoms with van der Waals surface area (Å²) < 4.78 is 29.1. The van der Waals surface area contributed by atoms with Gasteiger partial charge in [-0.1, -0.05) is 42.5 Å². The van der Waals surface area contributed by atoms with E-state index in [4.69, 9.17) is 23.7 Å². The number of carbonyl (C=O) groups is 1. The van der Waals surface area contributed by atoms with Crippen LogP contribution in [0.2, 0.25) is 0 Å². The first-order valence-electron chi connectivity index (χ1n) is 13.4. The fraction of sp³-hybridized carbons (Fsp3) is 0.387. The summed E-state index contributed by atoms with van der Waals surface area (Å²) in [6.07, 6.45) is -0.541. The molecule has 0 aromatic heterocycles. The highest BCUT2D eigenvalue weighted by Crippen LogP contribution is 2.70. The maximum atomic E-state index is 14.0. The van der Waals surface area contributed by atoms with Gasteiger partial charge in [0.05, 0.1) is 32.8 Å². The van der Waals surface area contributed by atoms with Crippen LogP contribution in [-0.2, 0) is 20.7 Å². The number of amides is 1. The molecular weight excluding hydrogens is 514 g/mol. The number of aliphatic hydroxyl groups is 2. The summed E-state index contributed by atoms with van der Waals surface area (Å²) in [5, 5.41) is 28.1. The second-order valence-corrected chi connectivity index (χ2v) is 10.4. The Morgan fingerprint density at radius 2 is 1.70 bits per heavy atom. The van der Waals surface area contributed by atoms with E-state index >= 15 is 0 Å². The lowest BCUT2D eigenvalue weighted by atomic mass is 9.70. The van der Waals surface area contributed by atoms with Gasteiger partial charge in [-0.2, -0.15) is 0 Å². The van der Waals surface area contributed by atoms with Gasteiger partial charge in [0.1, 0.15) is 35.3 Å². The Hall–Kier alpha value is -3.79. The molecule has 9 heteroatoms. The molecule has 40 heavy (non-hydrogen) atoms. The zero-order valence-electron chi connectivity index (χ0n) is 22.6. The molecule has 3 aliphatic rings. The number of hydrogen-bond acceptors (Lipinski definition) is 8. The third kappa shape index (κ3) is 3.68. The van der Waals surface area contributed by atoms with Gasteiger partial charge in [-0.15, -0.1) is 0 Å². The van der Waals surface area contributed by atoms with Crippen LogP contribution < -0.4 is 24.3 Å². The Labute approximate surface area is 232 Å². The number of fused-ring (bicyclic) bond motifs is 3. The molecule has 6 atom stereocenters. The van der Waals surface area contributed by atoms with Crippen LogP contribution in [0.5, 0.6) is 23.0 Å². The number of rotatable bonds is 7. The zero-order chi connectivity index (χ0) is 28.1. The minimum absolute atomic E-state index is 0.257. The van der Waals surface area contributed by atoms with Crippen LogP contribution in [0.15, 0.2) is 66.7 Å². The van der Waals surface area contributed by atoms with Crippen molar-refractivity contribution in [2.24, 2.45) is 5.92 Å². The minimum atomic E-state index is -2.09. The van der Waals surface area contributed by atoms with E-state index in [1.807, 2.05) is 30.3 Å². The van der Waals surface area contributed by atoms with E-state index in [2.05, 4.69) is 5.32 Å². The van der Waals surface area contributed by atoms with Crippen LogP contribution in [0.1, 0.15) is 35.4 Å². The van der Waals surface area contributed by atoms with Crippen molar-refractivity contribution >= 4 is 5.91 Å². The molecular formula is C31H33NO8. The van der Waals surface area contributed by atoms with E-state index in [-0.39, 0.29) is 11.3 Å². The lowest BCUT2D eigenvalue weighted by molar-refractivity contribution is -0.155. The van der Waals surface area contributed by atoms with Gasteiger partial charge < -0.3 is 39.2 Å². The van der Waals surface area contributed by atoms with Gasteiger partial charge in [-0.25, -0.2) is 0 Å². The van der Waals surface area contributed by atoms with Crippen molar-refractivity contribution in [3.05, 3.63) is 83.4 Å². The molecule has 1 saturated carbocycles. The molecule has 3 N–H and O–H groups in total. The molecule has 1 aliphatic carbocycles. The molecule has 1 amide bonds.